The Bertz CT molecular complexity index is 632. The van der Waals surface area contributed by atoms with Gasteiger partial charge in [0.15, 0.2) is 0 Å². The van der Waals surface area contributed by atoms with E-state index in [1.54, 1.807) is 12.1 Å². The molecule has 0 aliphatic rings. The van der Waals surface area contributed by atoms with Crippen molar-refractivity contribution in [2.24, 2.45) is 5.73 Å². The molecule has 0 saturated heterocycles. The van der Waals surface area contributed by atoms with Crippen LogP contribution in [0.4, 0.5) is 14.5 Å². The molecule has 21 heavy (non-hydrogen) atoms. The minimum atomic E-state index is -2.54. The molecule has 0 heterocycles. The molecule has 0 fully saturated rings. The summed E-state index contributed by atoms with van der Waals surface area (Å²) in [7, 11) is 0. The van der Waals surface area contributed by atoms with Crippen LogP contribution in [0.15, 0.2) is 53.0 Å². The summed E-state index contributed by atoms with van der Waals surface area (Å²) in [6.07, 6.45) is -2.54. The van der Waals surface area contributed by atoms with Gasteiger partial charge in [-0.25, -0.2) is 8.78 Å². The van der Waals surface area contributed by atoms with Crippen molar-refractivity contribution in [2.75, 3.05) is 5.32 Å². The number of nitrogens with two attached hydrogens (primary N) is 1. The Morgan fingerprint density at radius 2 is 1.71 bits per heavy atom. The molecule has 0 radical (unpaired) electrons. The molecular formula is C15H13BrF2N2O. The normalized spacial score (nSPS) is 12.2. The van der Waals surface area contributed by atoms with Gasteiger partial charge in [0.2, 0.25) is 5.91 Å². The number of halogens is 3. The highest BCUT2D eigenvalue weighted by Crippen LogP contribution is 2.25. The largest absolute Gasteiger partial charge is 0.370 e. The molecule has 6 heteroatoms. The van der Waals surface area contributed by atoms with Crippen molar-refractivity contribution < 1.29 is 13.6 Å². The number of alkyl halides is 2. The summed E-state index contributed by atoms with van der Waals surface area (Å²) in [6.45, 7) is 0. The Balaban J connectivity index is 2.24. The van der Waals surface area contributed by atoms with Crippen molar-refractivity contribution in [3.05, 3.63) is 64.1 Å². The van der Waals surface area contributed by atoms with Crippen LogP contribution in [0.3, 0.4) is 0 Å². The molecular weight excluding hydrogens is 342 g/mol. The zero-order chi connectivity index (χ0) is 15.4. The number of carbonyl (C=O) groups is 1. The van der Waals surface area contributed by atoms with Crippen molar-refractivity contribution >= 4 is 27.5 Å². The Hall–Kier alpha value is -1.95. The lowest BCUT2D eigenvalue weighted by molar-refractivity contribution is -0.118. The number of anilines is 1. The predicted octanol–water partition coefficient (Wildman–Crippen LogP) is 4.03. The maximum absolute atomic E-state index is 12.5. The predicted molar refractivity (Wildman–Crippen MR) is 81.1 cm³/mol. The molecule has 2 rings (SSSR count). The molecule has 1 atom stereocenters. The molecule has 0 aromatic heterocycles. The van der Waals surface area contributed by atoms with Crippen molar-refractivity contribution in [1.29, 1.82) is 0 Å². The molecule has 2 aromatic carbocycles. The SMILES string of the molecule is NC(=O)C(Nc1cccc(Br)c1)c1ccc(C(F)F)cc1. The van der Waals surface area contributed by atoms with Crippen molar-refractivity contribution in [1.82, 2.24) is 0 Å². The van der Waals surface area contributed by atoms with Gasteiger partial charge < -0.3 is 11.1 Å². The second kappa shape index (κ2) is 6.67. The van der Waals surface area contributed by atoms with Gasteiger partial charge in [-0.3, -0.25) is 4.79 Å². The van der Waals surface area contributed by atoms with Gasteiger partial charge in [0.1, 0.15) is 6.04 Å². The summed E-state index contributed by atoms with van der Waals surface area (Å²) in [6, 6.07) is 12.0. The van der Waals surface area contributed by atoms with Gasteiger partial charge in [0.25, 0.3) is 6.43 Å². The number of hydrogen-bond donors (Lipinski definition) is 2. The first-order chi connectivity index (χ1) is 9.97. The Kier molecular flexibility index (Phi) is 4.90. The molecule has 2 aromatic rings. The van der Waals surface area contributed by atoms with E-state index in [2.05, 4.69) is 21.2 Å². The average molecular weight is 355 g/mol. The number of nitrogens with one attached hydrogen (secondary N) is 1. The number of hydrogen-bond acceptors (Lipinski definition) is 2. The van der Waals surface area contributed by atoms with Gasteiger partial charge in [0, 0.05) is 15.7 Å². The molecule has 0 aliphatic heterocycles. The van der Waals surface area contributed by atoms with Crippen molar-refractivity contribution in [3.8, 4) is 0 Å². The molecule has 0 aliphatic carbocycles. The highest BCUT2D eigenvalue weighted by molar-refractivity contribution is 9.10. The van der Waals surface area contributed by atoms with Crippen LogP contribution in [0, 0.1) is 0 Å². The topological polar surface area (TPSA) is 55.1 Å². The number of benzene rings is 2. The third kappa shape index (κ3) is 4.01. The third-order valence-corrected chi connectivity index (χ3v) is 3.44. The lowest BCUT2D eigenvalue weighted by Crippen LogP contribution is -2.27. The quantitative estimate of drug-likeness (QED) is 0.851. The second-order valence-electron chi connectivity index (χ2n) is 4.46. The van der Waals surface area contributed by atoms with Gasteiger partial charge in [-0.15, -0.1) is 0 Å². The smallest absolute Gasteiger partial charge is 0.263 e. The van der Waals surface area contributed by atoms with Gasteiger partial charge in [-0.1, -0.05) is 46.3 Å². The lowest BCUT2D eigenvalue weighted by atomic mass is 10.0. The molecule has 0 spiro atoms. The van der Waals surface area contributed by atoms with Crippen LogP contribution in [-0.4, -0.2) is 5.91 Å². The van der Waals surface area contributed by atoms with E-state index in [1.165, 1.54) is 24.3 Å². The molecule has 110 valence electrons. The number of primary amides is 1. The number of rotatable bonds is 5. The molecule has 3 nitrogen and oxygen atoms in total. The highest BCUT2D eigenvalue weighted by Gasteiger charge is 2.18. The first-order valence-corrected chi connectivity index (χ1v) is 6.96. The Morgan fingerprint density at radius 3 is 2.24 bits per heavy atom. The standard InChI is InChI=1S/C15H13BrF2N2O/c16-11-2-1-3-12(8-11)20-13(15(19)21)9-4-6-10(7-5-9)14(17)18/h1-8,13-14,20H,(H2,19,21). The first kappa shape index (κ1) is 15.4. The van der Waals surface area contributed by atoms with E-state index in [4.69, 9.17) is 5.73 Å². The number of carbonyl (C=O) groups excluding carboxylic acids is 1. The zero-order valence-electron chi connectivity index (χ0n) is 10.9. The summed E-state index contributed by atoms with van der Waals surface area (Å²) in [5, 5.41) is 2.99. The first-order valence-electron chi connectivity index (χ1n) is 6.17. The van der Waals surface area contributed by atoms with E-state index >= 15 is 0 Å². The zero-order valence-corrected chi connectivity index (χ0v) is 12.5. The summed E-state index contributed by atoms with van der Waals surface area (Å²) in [4.78, 5) is 11.6. The maximum Gasteiger partial charge on any atom is 0.263 e. The fraction of sp³-hybridized carbons (Fsp3) is 0.133. The summed E-state index contributed by atoms with van der Waals surface area (Å²) >= 11 is 3.33. The van der Waals surface area contributed by atoms with Gasteiger partial charge in [-0.05, 0) is 23.8 Å². The van der Waals surface area contributed by atoms with E-state index < -0.39 is 18.4 Å². The van der Waals surface area contributed by atoms with Crippen LogP contribution >= 0.6 is 15.9 Å². The van der Waals surface area contributed by atoms with Crippen LogP contribution in [0.25, 0.3) is 0 Å². The minimum Gasteiger partial charge on any atom is -0.370 e. The molecule has 0 bridgehead atoms. The molecule has 1 unspecified atom stereocenters. The van der Waals surface area contributed by atoms with E-state index in [0.29, 0.717) is 11.3 Å². The van der Waals surface area contributed by atoms with Gasteiger partial charge >= 0.3 is 0 Å². The molecule has 0 saturated carbocycles. The Labute approximate surface area is 129 Å². The average Bonchev–Trinajstić information content (AvgIpc) is 2.44. The van der Waals surface area contributed by atoms with Crippen LogP contribution in [-0.2, 0) is 4.79 Å². The summed E-state index contributed by atoms with van der Waals surface area (Å²) in [5.41, 5.74) is 6.53. The van der Waals surface area contributed by atoms with Crippen molar-refractivity contribution in [3.63, 3.8) is 0 Å². The van der Waals surface area contributed by atoms with E-state index in [-0.39, 0.29) is 5.56 Å². The fourth-order valence-electron chi connectivity index (χ4n) is 1.90. The summed E-state index contributed by atoms with van der Waals surface area (Å²) < 4.78 is 25.9. The lowest BCUT2D eigenvalue weighted by Gasteiger charge is -2.17. The third-order valence-electron chi connectivity index (χ3n) is 2.94. The number of amides is 1. The Morgan fingerprint density at radius 1 is 1.10 bits per heavy atom. The highest BCUT2D eigenvalue weighted by atomic mass is 79.9. The van der Waals surface area contributed by atoms with E-state index in [1.807, 2.05) is 12.1 Å². The van der Waals surface area contributed by atoms with E-state index in [9.17, 15) is 13.6 Å². The van der Waals surface area contributed by atoms with Crippen LogP contribution < -0.4 is 11.1 Å². The van der Waals surface area contributed by atoms with Gasteiger partial charge in [0.05, 0.1) is 0 Å². The van der Waals surface area contributed by atoms with Crippen molar-refractivity contribution in [2.45, 2.75) is 12.5 Å². The monoisotopic (exact) mass is 354 g/mol. The van der Waals surface area contributed by atoms with Gasteiger partial charge in [-0.2, -0.15) is 0 Å². The minimum absolute atomic E-state index is 0.0931. The van der Waals surface area contributed by atoms with Crippen LogP contribution in [0.1, 0.15) is 23.6 Å². The second-order valence-corrected chi connectivity index (χ2v) is 5.37. The molecule has 1 amide bonds. The van der Waals surface area contributed by atoms with Crippen LogP contribution in [0.2, 0.25) is 0 Å². The maximum atomic E-state index is 12.5. The van der Waals surface area contributed by atoms with E-state index in [0.717, 1.165) is 4.47 Å². The fourth-order valence-corrected chi connectivity index (χ4v) is 2.30. The van der Waals surface area contributed by atoms with Crippen LogP contribution in [0.5, 0.6) is 0 Å². The summed E-state index contributed by atoms with van der Waals surface area (Å²) in [5.74, 6) is -0.584. The molecule has 3 N–H and O–H groups in total.